The summed E-state index contributed by atoms with van der Waals surface area (Å²) < 4.78 is 19.2. The molecule has 0 N–H and O–H groups in total. The summed E-state index contributed by atoms with van der Waals surface area (Å²) >= 11 is 3.13. The van der Waals surface area contributed by atoms with Gasteiger partial charge in [0.15, 0.2) is 8.32 Å². The lowest BCUT2D eigenvalue weighted by Gasteiger charge is -2.44. The summed E-state index contributed by atoms with van der Waals surface area (Å²) in [4.78, 5) is 18.4. The third-order valence-corrected chi connectivity index (χ3v) is 14.3. The van der Waals surface area contributed by atoms with E-state index in [2.05, 4.69) is 45.8 Å². The van der Waals surface area contributed by atoms with E-state index in [4.69, 9.17) is 13.9 Å². The number of epoxide rings is 1. The quantitative estimate of drug-likeness (QED) is 0.315. The second-order valence-electron chi connectivity index (χ2n) is 10.9. The van der Waals surface area contributed by atoms with E-state index < -0.39 is 13.9 Å². The number of fused-ring (bicyclic) bond motifs is 5. The fourth-order valence-corrected chi connectivity index (χ4v) is 8.30. The van der Waals surface area contributed by atoms with E-state index in [0.717, 1.165) is 22.6 Å². The second kappa shape index (κ2) is 7.75. The third-order valence-electron chi connectivity index (χ3n) is 7.89. The molecule has 174 valence electrons. The first-order chi connectivity index (χ1) is 15.0. The van der Waals surface area contributed by atoms with Crippen molar-refractivity contribution in [3.63, 3.8) is 0 Å². The molecule has 4 unspecified atom stereocenters. The first kappa shape index (κ1) is 22.7. The number of nitrogens with zero attached hydrogens (tertiary/aromatic N) is 1. The van der Waals surface area contributed by atoms with Crippen LogP contribution in [-0.2, 0) is 24.3 Å². The summed E-state index contributed by atoms with van der Waals surface area (Å²) in [5.74, 6) is -0.268. The van der Waals surface area contributed by atoms with Gasteiger partial charge in [-0.2, -0.15) is 0 Å². The summed E-state index contributed by atoms with van der Waals surface area (Å²) in [6.07, 6.45) is 2.18. The number of ether oxygens (including phenoxy) is 2. The van der Waals surface area contributed by atoms with Crippen molar-refractivity contribution in [2.45, 2.75) is 87.7 Å². The van der Waals surface area contributed by atoms with Crippen LogP contribution in [0.2, 0.25) is 18.1 Å². The zero-order valence-electron chi connectivity index (χ0n) is 19.7. The van der Waals surface area contributed by atoms with E-state index in [1.807, 2.05) is 35.0 Å². The van der Waals surface area contributed by atoms with Crippen molar-refractivity contribution < 1.29 is 18.7 Å². The molecule has 3 aliphatic rings. The van der Waals surface area contributed by atoms with Crippen molar-refractivity contribution in [2.75, 3.05) is 7.05 Å². The molecule has 0 spiro atoms. The first-order valence-electron chi connectivity index (χ1n) is 11.4. The highest BCUT2D eigenvalue weighted by atomic mass is 32.1. The van der Waals surface area contributed by atoms with E-state index in [1.165, 1.54) is 0 Å². The van der Waals surface area contributed by atoms with Crippen molar-refractivity contribution in [1.29, 1.82) is 0 Å². The summed E-state index contributed by atoms with van der Waals surface area (Å²) in [6.45, 7) is 11.0. The van der Waals surface area contributed by atoms with Gasteiger partial charge in [-0.25, -0.2) is 4.79 Å². The van der Waals surface area contributed by atoms with Crippen molar-refractivity contribution >= 4 is 37.0 Å². The molecule has 3 aliphatic heterocycles. The number of hydrogen-bond acceptors (Lipinski definition) is 7. The molecular weight excluding hydrogens is 458 g/mol. The van der Waals surface area contributed by atoms with Crippen LogP contribution in [0.4, 0.5) is 0 Å². The van der Waals surface area contributed by atoms with Crippen molar-refractivity contribution in [3.05, 3.63) is 44.8 Å². The van der Waals surface area contributed by atoms with Gasteiger partial charge < -0.3 is 13.9 Å². The fourth-order valence-electron chi connectivity index (χ4n) is 4.99. The molecule has 0 radical (unpaired) electrons. The zero-order chi connectivity index (χ0) is 22.9. The van der Waals surface area contributed by atoms with Crippen molar-refractivity contribution in [2.24, 2.45) is 0 Å². The Balaban J connectivity index is 1.50. The minimum atomic E-state index is -2.33. The molecule has 3 fully saturated rings. The SMILES string of the molecule is CN1C2CC(OC(=O)C(O[Si](C)(C)C(C)(C)C)(c3cccs3)c3cccs3)CC1C1OC12. The van der Waals surface area contributed by atoms with Gasteiger partial charge in [0, 0.05) is 24.9 Å². The van der Waals surface area contributed by atoms with Crippen LogP contribution in [0, 0.1) is 0 Å². The van der Waals surface area contributed by atoms with E-state index in [0.29, 0.717) is 24.3 Å². The monoisotopic (exact) mass is 491 g/mol. The lowest BCUT2D eigenvalue weighted by atomic mass is 9.97. The molecule has 8 heteroatoms. The topological polar surface area (TPSA) is 51.3 Å². The summed E-state index contributed by atoms with van der Waals surface area (Å²) in [5.41, 5.74) is -1.22. The average molecular weight is 492 g/mol. The van der Waals surface area contributed by atoms with E-state index in [-0.39, 0.29) is 17.1 Å². The van der Waals surface area contributed by atoms with Gasteiger partial charge in [-0.1, -0.05) is 32.9 Å². The van der Waals surface area contributed by atoms with Gasteiger partial charge in [0.2, 0.25) is 5.60 Å². The molecule has 3 saturated heterocycles. The van der Waals surface area contributed by atoms with Crippen LogP contribution < -0.4 is 0 Å². The smallest absolute Gasteiger partial charge is 0.348 e. The Bertz CT molecular complexity index is 917. The van der Waals surface area contributed by atoms with Gasteiger partial charge in [0.25, 0.3) is 0 Å². The highest BCUT2D eigenvalue weighted by molar-refractivity contribution is 7.12. The Labute approximate surface area is 199 Å². The minimum Gasteiger partial charge on any atom is -0.460 e. The lowest BCUT2D eigenvalue weighted by molar-refractivity contribution is -0.170. The van der Waals surface area contributed by atoms with Crippen LogP contribution in [0.25, 0.3) is 0 Å². The molecule has 32 heavy (non-hydrogen) atoms. The van der Waals surface area contributed by atoms with Crippen molar-refractivity contribution in [3.8, 4) is 0 Å². The number of piperidine rings is 1. The highest BCUT2D eigenvalue weighted by Crippen LogP contribution is 2.50. The minimum absolute atomic E-state index is 0.0433. The Morgan fingerprint density at radius 3 is 2.03 bits per heavy atom. The maximum Gasteiger partial charge on any atom is 0.348 e. The normalized spacial score (nSPS) is 30.2. The molecular formula is C24H33NO4S2Si. The standard InChI is InChI=1S/C24H33NO4S2Si/c1-23(2,3)32(5,6)29-24(18-9-7-11-30-18,19-10-8-12-31-19)22(26)27-15-13-16-20-21(28-20)17(14-15)25(16)4/h7-12,15-17,20-21H,13-14H2,1-6H3. The molecule has 0 amide bonds. The maximum atomic E-state index is 14.2. The lowest BCUT2D eigenvalue weighted by Crippen LogP contribution is -2.54. The number of morpholine rings is 1. The van der Waals surface area contributed by atoms with Crippen LogP contribution in [0.15, 0.2) is 35.0 Å². The molecule has 2 aromatic heterocycles. The number of carbonyl (C=O) groups excluding carboxylic acids is 1. The first-order valence-corrected chi connectivity index (χ1v) is 16.1. The highest BCUT2D eigenvalue weighted by Gasteiger charge is 2.63. The van der Waals surface area contributed by atoms with E-state index >= 15 is 0 Å². The second-order valence-corrected chi connectivity index (χ2v) is 17.5. The number of thiophene rings is 2. The van der Waals surface area contributed by atoms with Gasteiger partial charge in [0.05, 0.1) is 9.75 Å². The third kappa shape index (κ3) is 3.54. The van der Waals surface area contributed by atoms with Gasteiger partial charge in [-0.05, 0) is 48.1 Å². The molecule has 0 aliphatic carbocycles. The molecule has 2 aromatic rings. The van der Waals surface area contributed by atoms with Gasteiger partial charge in [-0.15, -0.1) is 22.7 Å². The summed E-state index contributed by atoms with van der Waals surface area (Å²) in [5, 5.41) is 3.99. The Morgan fingerprint density at radius 1 is 1.06 bits per heavy atom. The molecule has 2 bridgehead atoms. The van der Waals surface area contributed by atoms with E-state index in [1.54, 1.807) is 22.7 Å². The van der Waals surface area contributed by atoms with Crippen LogP contribution >= 0.6 is 22.7 Å². The predicted octanol–water partition coefficient (Wildman–Crippen LogP) is 5.23. The summed E-state index contributed by atoms with van der Waals surface area (Å²) in [7, 11) is -0.155. The molecule has 0 saturated carbocycles. The average Bonchev–Trinajstić information content (AvgIpc) is 3.07. The zero-order valence-corrected chi connectivity index (χ0v) is 22.3. The Hall–Kier alpha value is -1.03. The molecule has 5 heterocycles. The predicted molar refractivity (Wildman–Crippen MR) is 131 cm³/mol. The molecule has 5 nitrogen and oxygen atoms in total. The number of rotatable bonds is 6. The van der Waals surface area contributed by atoms with Crippen LogP contribution in [-0.4, -0.2) is 56.6 Å². The number of carbonyl (C=O) groups is 1. The molecule has 4 atom stereocenters. The van der Waals surface area contributed by atoms with Crippen LogP contribution in [0.3, 0.4) is 0 Å². The van der Waals surface area contributed by atoms with Crippen LogP contribution in [0.1, 0.15) is 43.4 Å². The van der Waals surface area contributed by atoms with Gasteiger partial charge in [0.1, 0.15) is 18.3 Å². The molecule has 0 aromatic carbocycles. The summed E-state index contributed by atoms with van der Waals surface area (Å²) in [6, 6.07) is 8.70. The Morgan fingerprint density at radius 2 is 1.59 bits per heavy atom. The number of hydrogen-bond donors (Lipinski definition) is 0. The van der Waals surface area contributed by atoms with Gasteiger partial charge >= 0.3 is 5.97 Å². The number of esters is 1. The van der Waals surface area contributed by atoms with Crippen molar-refractivity contribution in [1.82, 2.24) is 4.90 Å². The largest absolute Gasteiger partial charge is 0.460 e. The molecule has 5 rings (SSSR count). The van der Waals surface area contributed by atoms with E-state index in [9.17, 15) is 4.79 Å². The Kier molecular flexibility index (Phi) is 5.51. The van der Waals surface area contributed by atoms with Crippen LogP contribution in [0.5, 0.6) is 0 Å². The van der Waals surface area contributed by atoms with Gasteiger partial charge in [-0.3, -0.25) is 4.90 Å². The fraction of sp³-hybridized carbons (Fsp3) is 0.625. The number of likely N-dealkylation sites (N-methyl/N-ethyl adjacent to an activating group) is 1. The maximum absolute atomic E-state index is 14.2.